The molecule has 0 radical (unpaired) electrons. The van der Waals surface area contributed by atoms with Gasteiger partial charge in [0, 0.05) is 44.5 Å². The molecule has 1 aromatic heterocycles. The van der Waals surface area contributed by atoms with Gasteiger partial charge < -0.3 is 25.0 Å². The van der Waals surface area contributed by atoms with Gasteiger partial charge in [-0.25, -0.2) is 9.59 Å². The summed E-state index contributed by atoms with van der Waals surface area (Å²) in [5, 5.41) is 5.86. The first-order valence-corrected chi connectivity index (χ1v) is 11.2. The van der Waals surface area contributed by atoms with Crippen LogP contribution in [0.15, 0.2) is 30.3 Å². The molecule has 4 amide bonds. The molecular weight excluding hydrogens is 444 g/mol. The molecule has 2 aliphatic heterocycles. The topological polar surface area (TPSA) is 100 Å². The van der Waals surface area contributed by atoms with Gasteiger partial charge in [0.25, 0.3) is 5.91 Å². The van der Waals surface area contributed by atoms with Crippen molar-refractivity contribution in [2.75, 3.05) is 43.6 Å². The van der Waals surface area contributed by atoms with Crippen LogP contribution in [0.25, 0.3) is 0 Å². The Morgan fingerprint density at radius 1 is 1.27 bits per heavy atom. The van der Waals surface area contributed by atoms with Gasteiger partial charge in [0.15, 0.2) is 5.06 Å². The molecule has 0 bridgehead atoms. The zero-order chi connectivity index (χ0) is 23.6. The lowest BCUT2D eigenvalue weighted by Crippen LogP contribution is -2.58. The van der Waals surface area contributed by atoms with Crippen molar-refractivity contribution in [1.82, 2.24) is 10.2 Å². The standard InChI is InChI=1S/C23H24N4O5S/c1-4-17-6-8-19(33-17)32-21(29)25-23(9-12-31-14-23)20(28)24-16-5-7-18(15(2)13-16)27-11-10-26(3)22(27)30/h1,5-8,13H,9-12,14H2,2-3H3,(H,24,28)(H,25,29). The molecule has 2 aromatic rings. The van der Waals surface area contributed by atoms with E-state index in [-0.39, 0.29) is 12.6 Å². The molecule has 1 unspecified atom stereocenters. The van der Waals surface area contributed by atoms with Crippen molar-refractivity contribution in [1.29, 1.82) is 0 Å². The monoisotopic (exact) mass is 468 g/mol. The van der Waals surface area contributed by atoms with Crippen molar-refractivity contribution in [3.8, 4) is 17.4 Å². The summed E-state index contributed by atoms with van der Waals surface area (Å²) in [5.74, 6) is 2.07. The van der Waals surface area contributed by atoms with Crippen LogP contribution in [0, 0.1) is 19.3 Å². The van der Waals surface area contributed by atoms with Crippen LogP contribution in [0.5, 0.6) is 5.06 Å². The quantitative estimate of drug-likeness (QED) is 0.658. The van der Waals surface area contributed by atoms with E-state index in [2.05, 4.69) is 16.6 Å². The molecule has 4 rings (SSSR count). The van der Waals surface area contributed by atoms with Gasteiger partial charge in [0.1, 0.15) is 5.54 Å². The van der Waals surface area contributed by atoms with Gasteiger partial charge >= 0.3 is 12.1 Å². The van der Waals surface area contributed by atoms with E-state index in [1.807, 2.05) is 6.92 Å². The maximum absolute atomic E-state index is 13.2. The Bertz CT molecular complexity index is 1130. The van der Waals surface area contributed by atoms with E-state index in [1.54, 1.807) is 47.2 Å². The minimum absolute atomic E-state index is 0.0274. The number of amides is 4. The molecule has 33 heavy (non-hydrogen) atoms. The molecule has 9 nitrogen and oxygen atoms in total. The first-order chi connectivity index (χ1) is 15.8. The van der Waals surface area contributed by atoms with Crippen LogP contribution in [-0.4, -0.2) is 61.8 Å². The lowest BCUT2D eigenvalue weighted by Gasteiger charge is -2.27. The lowest BCUT2D eigenvalue weighted by molar-refractivity contribution is -0.122. The fourth-order valence-electron chi connectivity index (χ4n) is 3.82. The van der Waals surface area contributed by atoms with Crippen molar-refractivity contribution < 1.29 is 23.9 Å². The summed E-state index contributed by atoms with van der Waals surface area (Å²) in [6, 6.07) is 8.56. The Balaban J connectivity index is 1.45. The predicted molar refractivity (Wildman–Crippen MR) is 125 cm³/mol. The average molecular weight is 469 g/mol. The molecule has 1 atom stereocenters. The summed E-state index contributed by atoms with van der Waals surface area (Å²) in [4.78, 5) is 41.9. The second kappa shape index (κ2) is 9.13. The van der Waals surface area contributed by atoms with Crippen LogP contribution >= 0.6 is 11.3 Å². The van der Waals surface area contributed by atoms with E-state index in [9.17, 15) is 14.4 Å². The number of hydrogen-bond donors (Lipinski definition) is 2. The van der Waals surface area contributed by atoms with E-state index >= 15 is 0 Å². The zero-order valence-corrected chi connectivity index (χ0v) is 19.2. The Labute approximate surface area is 195 Å². The van der Waals surface area contributed by atoms with Crippen LogP contribution in [-0.2, 0) is 9.53 Å². The van der Waals surface area contributed by atoms with Gasteiger partial charge in [-0.15, -0.1) is 6.42 Å². The van der Waals surface area contributed by atoms with Crippen LogP contribution in [0.2, 0.25) is 0 Å². The third kappa shape index (κ3) is 4.65. The first-order valence-electron chi connectivity index (χ1n) is 10.4. The number of terminal acetylenes is 1. The first kappa shape index (κ1) is 22.6. The number of nitrogens with one attached hydrogen (secondary N) is 2. The van der Waals surface area contributed by atoms with Gasteiger partial charge in [0.2, 0.25) is 0 Å². The largest absolute Gasteiger partial charge is 0.414 e. The molecule has 0 spiro atoms. The summed E-state index contributed by atoms with van der Waals surface area (Å²) < 4.78 is 10.7. The molecular formula is C23H24N4O5S. The Morgan fingerprint density at radius 3 is 2.70 bits per heavy atom. The summed E-state index contributed by atoms with van der Waals surface area (Å²) in [5.41, 5.74) is 0.941. The molecule has 2 fully saturated rings. The average Bonchev–Trinajstić information content (AvgIpc) is 3.51. The third-order valence-electron chi connectivity index (χ3n) is 5.68. The number of carbonyl (C=O) groups is 3. The molecule has 172 valence electrons. The number of likely N-dealkylation sites (N-methyl/N-ethyl adjacent to an activating group) is 1. The Hall–Kier alpha value is -3.55. The fraction of sp³-hybridized carbons (Fsp3) is 0.348. The SMILES string of the molecule is C#Cc1ccc(OC(=O)NC2(C(=O)Nc3ccc(N4CCN(C)C4=O)c(C)c3)CCOC2)s1. The van der Waals surface area contributed by atoms with Crippen LogP contribution in [0.1, 0.15) is 16.9 Å². The summed E-state index contributed by atoms with van der Waals surface area (Å²) in [6.45, 7) is 3.51. The van der Waals surface area contributed by atoms with Crippen LogP contribution in [0.3, 0.4) is 0 Å². The van der Waals surface area contributed by atoms with Gasteiger partial charge in [-0.3, -0.25) is 9.69 Å². The number of nitrogens with zero attached hydrogens (tertiary/aromatic N) is 2. The fourth-order valence-corrected chi connectivity index (χ4v) is 4.49. The highest BCUT2D eigenvalue weighted by Crippen LogP contribution is 2.28. The van der Waals surface area contributed by atoms with Crippen molar-refractivity contribution in [2.24, 2.45) is 0 Å². The van der Waals surface area contributed by atoms with Crippen LogP contribution in [0.4, 0.5) is 21.0 Å². The number of thiophene rings is 1. The predicted octanol–water partition coefficient (Wildman–Crippen LogP) is 2.80. The number of carbonyl (C=O) groups excluding carboxylic acids is 3. The highest BCUT2D eigenvalue weighted by Gasteiger charge is 2.44. The number of ether oxygens (including phenoxy) is 2. The number of hydrogen-bond acceptors (Lipinski definition) is 6. The van der Waals surface area contributed by atoms with E-state index in [4.69, 9.17) is 15.9 Å². The maximum atomic E-state index is 13.2. The van der Waals surface area contributed by atoms with Crippen molar-refractivity contribution in [2.45, 2.75) is 18.9 Å². The highest BCUT2D eigenvalue weighted by atomic mass is 32.1. The number of rotatable bonds is 5. The normalized spacial score (nSPS) is 20.0. The van der Waals surface area contributed by atoms with Gasteiger partial charge in [0.05, 0.1) is 11.5 Å². The second-order valence-corrected chi connectivity index (χ2v) is 9.02. The van der Waals surface area contributed by atoms with Gasteiger partial charge in [-0.1, -0.05) is 17.3 Å². The van der Waals surface area contributed by atoms with Gasteiger partial charge in [-0.05, 0) is 42.8 Å². The maximum Gasteiger partial charge on any atom is 0.414 e. The Morgan fingerprint density at radius 2 is 2.09 bits per heavy atom. The second-order valence-electron chi connectivity index (χ2n) is 7.97. The summed E-state index contributed by atoms with van der Waals surface area (Å²) in [6.07, 6.45) is 4.89. The van der Waals surface area contributed by atoms with E-state index < -0.39 is 17.5 Å². The molecule has 10 heteroatoms. The molecule has 2 N–H and O–H groups in total. The van der Waals surface area contributed by atoms with Crippen molar-refractivity contribution >= 4 is 40.7 Å². The molecule has 0 aliphatic carbocycles. The molecule has 2 aliphatic rings. The number of anilines is 2. The summed E-state index contributed by atoms with van der Waals surface area (Å²) >= 11 is 1.16. The van der Waals surface area contributed by atoms with Crippen molar-refractivity contribution in [3.63, 3.8) is 0 Å². The molecule has 2 saturated heterocycles. The van der Waals surface area contributed by atoms with Crippen molar-refractivity contribution in [3.05, 3.63) is 40.8 Å². The minimum Gasteiger partial charge on any atom is -0.399 e. The smallest absolute Gasteiger partial charge is 0.399 e. The van der Waals surface area contributed by atoms with Gasteiger partial charge in [-0.2, -0.15) is 0 Å². The third-order valence-corrected chi connectivity index (χ3v) is 6.57. The molecule has 0 saturated carbocycles. The van der Waals surface area contributed by atoms with E-state index in [1.165, 1.54) is 0 Å². The Kier molecular flexibility index (Phi) is 6.26. The zero-order valence-electron chi connectivity index (χ0n) is 18.3. The number of aryl methyl sites for hydroxylation is 1. The van der Waals surface area contributed by atoms with Crippen LogP contribution < -0.4 is 20.3 Å². The highest BCUT2D eigenvalue weighted by molar-refractivity contribution is 7.14. The van der Waals surface area contributed by atoms with E-state index in [0.29, 0.717) is 41.7 Å². The number of urea groups is 1. The summed E-state index contributed by atoms with van der Waals surface area (Å²) in [7, 11) is 1.76. The molecule has 3 heterocycles. The lowest BCUT2D eigenvalue weighted by atomic mass is 9.97. The van der Waals surface area contributed by atoms with E-state index in [0.717, 1.165) is 22.6 Å². The molecule has 1 aromatic carbocycles. The number of benzene rings is 1. The minimum atomic E-state index is -1.26.